The molecule has 4 rings (SSSR count). The van der Waals surface area contributed by atoms with Gasteiger partial charge in [-0.15, -0.1) is 0 Å². The van der Waals surface area contributed by atoms with Crippen LogP contribution in [0.5, 0.6) is 5.75 Å². The molecule has 6 nitrogen and oxygen atoms in total. The zero-order chi connectivity index (χ0) is 22.9. The number of sulfonamides is 1. The number of ether oxygens (including phenoxy) is 1. The second-order valence-corrected chi connectivity index (χ2v) is 9.45. The van der Waals surface area contributed by atoms with Crippen molar-refractivity contribution in [3.05, 3.63) is 84.2 Å². The molecule has 8 heteroatoms. The third-order valence-corrected chi connectivity index (χ3v) is 7.30. The number of amides is 1. The quantitative estimate of drug-likeness (QED) is 0.565. The Kier molecular flexibility index (Phi) is 5.88. The lowest BCUT2D eigenvalue weighted by Gasteiger charge is -2.29. The summed E-state index contributed by atoms with van der Waals surface area (Å²) in [7, 11) is -2.76. The number of carbonyl (C=O) groups excluding carboxylic acids is 1. The van der Waals surface area contributed by atoms with Crippen LogP contribution in [0, 0.1) is 5.82 Å². The molecule has 0 saturated carbocycles. The molecule has 0 spiro atoms. The van der Waals surface area contributed by atoms with Gasteiger partial charge < -0.3 is 9.64 Å². The maximum atomic E-state index is 14.7. The first-order valence-corrected chi connectivity index (χ1v) is 11.6. The molecule has 1 amide bonds. The summed E-state index contributed by atoms with van der Waals surface area (Å²) in [5.74, 6) is -0.671. The number of hydrogen-bond acceptors (Lipinski definition) is 4. The zero-order valence-electron chi connectivity index (χ0n) is 17.7. The van der Waals surface area contributed by atoms with Crippen LogP contribution in [0.25, 0.3) is 0 Å². The number of rotatable bonds is 6. The molecule has 3 aromatic carbocycles. The van der Waals surface area contributed by atoms with Gasteiger partial charge >= 0.3 is 0 Å². The largest absolute Gasteiger partial charge is 0.497 e. The van der Waals surface area contributed by atoms with Gasteiger partial charge in [0.05, 0.1) is 17.7 Å². The smallest absolute Gasteiger partial charge is 0.264 e. The van der Waals surface area contributed by atoms with E-state index >= 15 is 0 Å². The van der Waals surface area contributed by atoms with Gasteiger partial charge in [-0.3, -0.25) is 9.10 Å². The number of hydrogen-bond donors (Lipinski definition) is 0. The van der Waals surface area contributed by atoms with Gasteiger partial charge in [0.2, 0.25) is 5.91 Å². The van der Waals surface area contributed by atoms with E-state index in [1.165, 1.54) is 55.6 Å². The first-order chi connectivity index (χ1) is 15.3. The van der Waals surface area contributed by atoms with E-state index in [9.17, 15) is 17.6 Å². The Hall–Kier alpha value is -3.39. The highest BCUT2D eigenvalue weighted by Gasteiger charge is 2.35. The molecule has 1 unspecified atom stereocenters. The second-order valence-electron chi connectivity index (χ2n) is 7.58. The van der Waals surface area contributed by atoms with Crippen LogP contribution < -0.4 is 13.9 Å². The number of benzene rings is 3. The topological polar surface area (TPSA) is 66.9 Å². The Morgan fingerprint density at radius 3 is 2.41 bits per heavy atom. The van der Waals surface area contributed by atoms with Gasteiger partial charge in [-0.1, -0.05) is 30.3 Å². The van der Waals surface area contributed by atoms with Gasteiger partial charge in [0, 0.05) is 11.7 Å². The summed E-state index contributed by atoms with van der Waals surface area (Å²) in [4.78, 5) is 14.9. The number of fused-ring (bicyclic) bond motifs is 1. The Balaban J connectivity index is 1.74. The van der Waals surface area contributed by atoms with Crippen molar-refractivity contribution in [2.75, 3.05) is 22.9 Å². The van der Waals surface area contributed by atoms with Gasteiger partial charge in [0.25, 0.3) is 10.0 Å². The summed E-state index contributed by atoms with van der Waals surface area (Å²) in [6, 6.07) is 18.7. The molecule has 32 heavy (non-hydrogen) atoms. The number of nitrogens with zero attached hydrogens (tertiary/aromatic N) is 2. The van der Waals surface area contributed by atoms with Gasteiger partial charge in [0.15, 0.2) is 0 Å². The SMILES string of the molecule is COc1ccc(S(=O)(=O)N(CC(=O)N2c3ccccc3CC2C)c2ccccc2F)cc1. The van der Waals surface area contributed by atoms with Crippen LogP contribution in [0.15, 0.2) is 77.7 Å². The molecule has 166 valence electrons. The number of halogens is 1. The second kappa shape index (κ2) is 8.63. The molecular formula is C24H23FN2O4S. The molecular weight excluding hydrogens is 431 g/mol. The third kappa shape index (κ3) is 3.93. The van der Waals surface area contributed by atoms with Crippen molar-refractivity contribution in [3.8, 4) is 5.75 Å². The van der Waals surface area contributed by atoms with Gasteiger partial charge in [-0.05, 0) is 61.4 Å². The molecule has 0 N–H and O–H groups in total. The van der Waals surface area contributed by atoms with E-state index in [1.54, 1.807) is 4.90 Å². The molecule has 1 heterocycles. The van der Waals surface area contributed by atoms with E-state index in [-0.39, 0.29) is 16.6 Å². The van der Waals surface area contributed by atoms with E-state index in [4.69, 9.17) is 4.74 Å². The Morgan fingerprint density at radius 1 is 1.06 bits per heavy atom. The van der Waals surface area contributed by atoms with Crippen molar-refractivity contribution in [2.45, 2.75) is 24.3 Å². The standard InChI is InChI=1S/C24H23FN2O4S/c1-17-15-18-7-3-5-9-22(18)27(17)24(28)16-26(23-10-6-4-8-21(23)25)32(29,30)20-13-11-19(31-2)12-14-20/h3-14,17H,15-16H2,1-2H3. The summed E-state index contributed by atoms with van der Waals surface area (Å²) >= 11 is 0. The van der Waals surface area contributed by atoms with Crippen LogP contribution in [-0.2, 0) is 21.2 Å². The summed E-state index contributed by atoms with van der Waals surface area (Å²) in [6.45, 7) is 1.37. The van der Waals surface area contributed by atoms with Gasteiger partial charge in [-0.2, -0.15) is 0 Å². The van der Waals surface area contributed by atoms with Crippen LogP contribution in [-0.4, -0.2) is 34.0 Å². The predicted octanol–water partition coefficient (Wildman–Crippen LogP) is 4.01. The Labute approximate surface area is 186 Å². The molecule has 3 aromatic rings. The molecule has 0 aromatic heterocycles. The van der Waals surface area contributed by atoms with Crippen molar-refractivity contribution in [1.82, 2.24) is 0 Å². The third-order valence-electron chi connectivity index (χ3n) is 5.52. The van der Waals surface area contributed by atoms with Crippen molar-refractivity contribution in [3.63, 3.8) is 0 Å². The maximum Gasteiger partial charge on any atom is 0.264 e. The molecule has 1 aliphatic heterocycles. The predicted molar refractivity (Wildman–Crippen MR) is 121 cm³/mol. The van der Waals surface area contributed by atoms with E-state index in [2.05, 4.69) is 0 Å². The molecule has 0 radical (unpaired) electrons. The molecule has 1 aliphatic rings. The fourth-order valence-corrected chi connectivity index (χ4v) is 5.40. The lowest BCUT2D eigenvalue weighted by molar-refractivity contribution is -0.117. The minimum absolute atomic E-state index is 0.0655. The van der Waals surface area contributed by atoms with Crippen molar-refractivity contribution in [1.29, 1.82) is 0 Å². The first kappa shape index (κ1) is 21.8. The number of anilines is 2. The first-order valence-electron chi connectivity index (χ1n) is 10.1. The lowest BCUT2D eigenvalue weighted by atomic mass is 10.1. The monoisotopic (exact) mass is 454 g/mol. The summed E-state index contributed by atoms with van der Waals surface area (Å²) in [5.41, 5.74) is 1.58. The summed E-state index contributed by atoms with van der Waals surface area (Å²) in [6.07, 6.45) is 0.673. The fraction of sp³-hybridized carbons (Fsp3) is 0.208. The minimum Gasteiger partial charge on any atom is -0.497 e. The Morgan fingerprint density at radius 2 is 1.72 bits per heavy atom. The normalized spacial score (nSPS) is 15.3. The number of carbonyl (C=O) groups is 1. The Bertz CT molecular complexity index is 1240. The maximum absolute atomic E-state index is 14.7. The van der Waals surface area contributed by atoms with E-state index < -0.39 is 28.3 Å². The van der Waals surface area contributed by atoms with Gasteiger partial charge in [-0.25, -0.2) is 12.8 Å². The number of para-hydroxylation sites is 2. The highest BCUT2D eigenvalue weighted by atomic mass is 32.2. The van der Waals surface area contributed by atoms with Gasteiger partial charge in [0.1, 0.15) is 18.1 Å². The van der Waals surface area contributed by atoms with Crippen molar-refractivity contribution >= 4 is 27.3 Å². The highest BCUT2D eigenvalue weighted by molar-refractivity contribution is 7.92. The highest BCUT2D eigenvalue weighted by Crippen LogP contribution is 2.33. The molecule has 0 bridgehead atoms. The summed E-state index contributed by atoms with van der Waals surface area (Å²) < 4.78 is 47.6. The van der Waals surface area contributed by atoms with Crippen LogP contribution in [0.2, 0.25) is 0 Å². The van der Waals surface area contributed by atoms with Crippen LogP contribution >= 0.6 is 0 Å². The van der Waals surface area contributed by atoms with E-state index in [1.807, 2.05) is 31.2 Å². The van der Waals surface area contributed by atoms with Crippen LogP contribution in [0.3, 0.4) is 0 Å². The average molecular weight is 455 g/mol. The fourth-order valence-electron chi connectivity index (χ4n) is 3.97. The van der Waals surface area contributed by atoms with Crippen LogP contribution in [0.4, 0.5) is 15.8 Å². The van der Waals surface area contributed by atoms with E-state index in [0.717, 1.165) is 15.6 Å². The van der Waals surface area contributed by atoms with Crippen molar-refractivity contribution < 1.29 is 22.3 Å². The number of methoxy groups -OCH3 is 1. The minimum atomic E-state index is -4.23. The lowest BCUT2D eigenvalue weighted by Crippen LogP contribution is -2.45. The summed E-state index contributed by atoms with van der Waals surface area (Å²) in [5, 5.41) is 0. The molecule has 1 atom stereocenters. The molecule has 0 saturated heterocycles. The van der Waals surface area contributed by atoms with E-state index in [0.29, 0.717) is 12.2 Å². The molecule has 0 aliphatic carbocycles. The van der Waals surface area contributed by atoms with Crippen molar-refractivity contribution in [2.24, 2.45) is 0 Å². The van der Waals surface area contributed by atoms with Crippen LogP contribution in [0.1, 0.15) is 12.5 Å². The zero-order valence-corrected chi connectivity index (χ0v) is 18.5. The average Bonchev–Trinajstić information content (AvgIpc) is 3.13. The molecule has 0 fully saturated rings.